The molecule has 0 aliphatic carbocycles. The van der Waals surface area contributed by atoms with Gasteiger partial charge in [0.25, 0.3) is 23.6 Å². The third-order valence-electron chi connectivity index (χ3n) is 28.3. The summed E-state index contributed by atoms with van der Waals surface area (Å²) in [5.41, 5.74) is 23.1. The molecule has 0 bridgehead atoms. The predicted molar refractivity (Wildman–Crippen MR) is 564 cm³/mol. The third kappa shape index (κ3) is 13.2. The molecule has 4 amide bonds. The molecule has 0 saturated heterocycles. The summed E-state index contributed by atoms with van der Waals surface area (Å²) in [5, 5.41) is 47.3. The highest BCUT2D eigenvalue weighted by atomic mass is 16.2. The Morgan fingerprint density at radius 1 is 0.222 bits per heavy atom. The number of aromatic nitrogens is 7. The standard InChI is InChI=1S/C126H72N14O4/c127-71-83-33-15-46-102(131-83)82-59-65-94-112(70-82)137(109-52-24-45-100-117(109)126(144)140(123(100)141)107-68-60-81(77-29-9-3-10-30-77)69-101(107)80-31-11-4-12-32-80)108-51-21-42-95(113(94)108)120-98-44-23-54-111(116(98)125(143)135(120)87-61-55-78(56-62-87)75-25-5-1-6-26-75)139-119-92(104-48-17-35-85(73-129)133-104)40-20-41-96(119)114-99(67-66-93(122(114)139)105-49-18-36-86(74-130)134-105)121-97-43-22-53-110(115(97)124(142)136(121)88-63-57-79(58-64-88)76-27-7-2-8-28-76)138-106-50-14-13-37-89(106)90-38-19-39-91(118(90)138)103-47-16-34-84(72-128)132-103/h1-70,120-121H. The summed E-state index contributed by atoms with van der Waals surface area (Å²) in [6.45, 7) is 0. The minimum atomic E-state index is -0.978. The van der Waals surface area contributed by atoms with Crippen molar-refractivity contribution < 1.29 is 19.2 Å². The lowest BCUT2D eigenvalue weighted by Gasteiger charge is -2.27. The average molecular weight is 1850 g/mol. The molecule has 670 valence electrons. The van der Waals surface area contributed by atoms with E-state index >= 15 is 19.2 Å². The van der Waals surface area contributed by atoms with E-state index in [1.165, 1.54) is 4.90 Å². The van der Waals surface area contributed by atoms with Crippen LogP contribution in [0.1, 0.15) is 98.5 Å². The molecule has 16 aromatic carbocycles. The molecule has 23 aromatic rings. The van der Waals surface area contributed by atoms with Crippen LogP contribution in [-0.4, -0.2) is 57.3 Å². The van der Waals surface area contributed by atoms with E-state index in [0.717, 1.165) is 71.7 Å². The number of amides is 4. The summed E-state index contributed by atoms with van der Waals surface area (Å²) in [6.07, 6.45) is 0. The lowest BCUT2D eigenvalue weighted by Crippen LogP contribution is -2.30. The van der Waals surface area contributed by atoms with Crippen LogP contribution in [0.3, 0.4) is 0 Å². The van der Waals surface area contributed by atoms with Crippen molar-refractivity contribution in [3.63, 3.8) is 0 Å². The molecule has 10 heterocycles. The molecular weight excluding hydrogens is 1770 g/mol. The van der Waals surface area contributed by atoms with Gasteiger partial charge in [-0.1, -0.05) is 297 Å². The van der Waals surface area contributed by atoms with Crippen molar-refractivity contribution in [2.45, 2.75) is 12.1 Å². The number of carbonyl (C=O) groups excluding carboxylic acids is 4. The lowest BCUT2D eigenvalue weighted by atomic mass is 9.91. The normalized spacial score (nSPS) is 13.7. The summed E-state index contributed by atoms with van der Waals surface area (Å²) < 4.78 is 6.35. The van der Waals surface area contributed by atoms with Gasteiger partial charge in [-0.05, 0) is 189 Å². The molecule has 3 aliphatic rings. The van der Waals surface area contributed by atoms with Crippen LogP contribution in [0.25, 0.3) is 172 Å². The quantitative estimate of drug-likeness (QED) is 0.0821. The Balaban J connectivity index is 0.741. The van der Waals surface area contributed by atoms with Crippen LogP contribution in [0.5, 0.6) is 0 Å². The van der Waals surface area contributed by atoms with E-state index in [2.05, 4.69) is 81.9 Å². The van der Waals surface area contributed by atoms with Crippen molar-refractivity contribution in [2.24, 2.45) is 0 Å². The third-order valence-corrected chi connectivity index (χ3v) is 28.3. The molecule has 18 nitrogen and oxygen atoms in total. The Hall–Kier alpha value is -20.4. The van der Waals surface area contributed by atoms with Gasteiger partial charge in [-0.15, -0.1) is 0 Å². The first kappa shape index (κ1) is 84.1. The molecular formula is C126H72N14O4. The summed E-state index contributed by atoms with van der Waals surface area (Å²) in [6, 6.07) is 144. The van der Waals surface area contributed by atoms with E-state index in [1.54, 1.807) is 36.4 Å². The molecule has 144 heavy (non-hydrogen) atoms. The Labute approximate surface area is 824 Å². The van der Waals surface area contributed by atoms with Crippen molar-refractivity contribution in [1.29, 1.82) is 21.0 Å². The van der Waals surface area contributed by atoms with Crippen molar-refractivity contribution >= 4 is 106 Å². The van der Waals surface area contributed by atoms with Gasteiger partial charge >= 0.3 is 0 Å². The number of rotatable bonds is 16. The first-order chi connectivity index (χ1) is 71.0. The van der Waals surface area contributed by atoms with Gasteiger partial charge in [0.05, 0.1) is 113 Å². The highest BCUT2D eigenvalue weighted by Crippen LogP contribution is 2.56. The maximum absolute atomic E-state index is 18.1. The van der Waals surface area contributed by atoms with E-state index in [4.69, 9.17) is 19.9 Å². The van der Waals surface area contributed by atoms with Gasteiger partial charge in [0.1, 0.15) is 47.1 Å². The number of fused-ring (bicyclic) bond motifs is 12. The van der Waals surface area contributed by atoms with E-state index in [1.807, 2.05) is 354 Å². The monoisotopic (exact) mass is 1840 g/mol. The van der Waals surface area contributed by atoms with Gasteiger partial charge in [-0.3, -0.25) is 29.0 Å². The summed E-state index contributed by atoms with van der Waals surface area (Å²) in [7, 11) is 0. The molecule has 0 saturated carbocycles. The van der Waals surface area contributed by atoms with Crippen molar-refractivity contribution in [2.75, 3.05) is 14.7 Å². The van der Waals surface area contributed by atoms with Crippen LogP contribution in [0.2, 0.25) is 0 Å². The number of anilines is 3. The van der Waals surface area contributed by atoms with E-state index < -0.39 is 23.9 Å². The minimum Gasteiger partial charge on any atom is -0.308 e. The molecule has 0 radical (unpaired) electrons. The van der Waals surface area contributed by atoms with Gasteiger partial charge in [0.15, 0.2) is 0 Å². The fourth-order valence-electron chi connectivity index (χ4n) is 22.2. The number of hydrogen-bond donors (Lipinski definition) is 0. The van der Waals surface area contributed by atoms with Gasteiger partial charge in [0, 0.05) is 71.5 Å². The number of nitriles is 4. The zero-order valence-corrected chi connectivity index (χ0v) is 76.5. The maximum atomic E-state index is 18.1. The van der Waals surface area contributed by atoms with Crippen molar-refractivity contribution in [1.82, 2.24) is 33.6 Å². The van der Waals surface area contributed by atoms with E-state index in [0.29, 0.717) is 151 Å². The smallest absolute Gasteiger partial charge is 0.268 e. The predicted octanol–water partition coefficient (Wildman–Crippen LogP) is 27.7. The second-order valence-electron chi connectivity index (χ2n) is 36.0. The van der Waals surface area contributed by atoms with Gasteiger partial charge in [-0.2, -0.15) is 21.0 Å². The Morgan fingerprint density at radius 3 is 1.18 bits per heavy atom. The van der Waals surface area contributed by atoms with Crippen LogP contribution in [-0.2, 0) is 0 Å². The molecule has 0 spiro atoms. The van der Waals surface area contributed by atoms with Gasteiger partial charge in [-0.25, -0.2) is 24.8 Å². The number of nitrogens with zero attached hydrogens (tertiary/aromatic N) is 14. The molecule has 18 heteroatoms. The highest BCUT2D eigenvalue weighted by molar-refractivity contribution is 6.37. The van der Waals surface area contributed by atoms with Crippen LogP contribution in [0.15, 0.2) is 425 Å². The first-order valence-electron chi connectivity index (χ1n) is 47.2. The second kappa shape index (κ2) is 33.8. The highest BCUT2D eigenvalue weighted by Gasteiger charge is 2.47. The van der Waals surface area contributed by atoms with E-state index in [-0.39, 0.29) is 45.7 Å². The number of benzene rings is 16. The molecule has 26 rings (SSSR count). The second-order valence-corrected chi connectivity index (χ2v) is 36.0. The summed E-state index contributed by atoms with van der Waals surface area (Å²) in [5.74, 6) is -1.72. The largest absolute Gasteiger partial charge is 0.308 e. The van der Waals surface area contributed by atoms with E-state index in [9.17, 15) is 21.0 Å². The lowest BCUT2D eigenvalue weighted by molar-refractivity contribution is 0.0923. The van der Waals surface area contributed by atoms with Gasteiger partial charge in [0.2, 0.25) is 0 Å². The number of para-hydroxylation sites is 3. The van der Waals surface area contributed by atoms with Crippen LogP contribution in [0, 0.1) is 45.3 Å². The summed E-state index contributed by atoms with van der Waals surface area (Å²) in [4.78, 5) is 92.9. The van der Waals surface area contributed by atoms with Crippen molar-refractivity contribution in [3.8, 4) is 131 Å². The van der Waals surface area contributed by atoms with Crippen molar-refractivity contribution in [3.05, 3.63) is 492 Å². The Morgan fingerprint density at radius 2 is 0.625 bits per heavy atom. The zero-order chi connectivity index (χ0) is 96.6. The Bertz CT molecular complexity index is 9640. The van der Waals surface area contributed by atoms with Crippen LogP contribution >= 0.6 is 0 Å². The molecule has 0 N–H and O–H groups in total. The molecule has 2 unspecified atom stereocenters. The number of imide groups is 1. The first-order valence-corrected chi connectivity index (χ1v) is 47.2. The number of pyridine rings is 4. The average Bonchev–Trinajstić information content (AvgIpc) is 1.53. The minimum absolute atomic E-state index is 0.144. The molecule has 7 aromatic heterocycles. The SMILES string of the molecule is N#Cc1cccc(-c2ccc3c4c(C5c6cccc(-n7c8c(-c9cccc(C#N)n9)cccc8c8c(C9c%10cccc(-n%11c%12ccccc%12c%12cccc(-c%13cccc(C#N)n%13)c%12%11)c%10C(=O)N9c9ccc(-c%10ccccc%10)cc9)ccc(-c9cccc(C#N)n9)c87)c6C(=O)N5c5ccc(-c6ccccc6)cc5)cccc4n(-c4cccc5c4C(=O)N(c4ccc(-c6ccccc6)cc4-c4ccccc4)C5=O)c3c2)n1. The zero-order valence-electron chi connectivity index (χ0n) is 76.5. The summed E-state index contributed by atoms with van der Waals surface area (Å²) >= 11 is 0. The maximum Gasteiger partial charge on any atom is 0.268 e. The van der Waals surface area contributed by atoms with Crippen LogP contribution < -0.4 is 14.7 Å². The fourth-order valence-corrected chi connectivity index (χ4v) is 22.2. The molecule has 2 atom stereocenters. The van der Waals surface area contributed by atoms with Gasteiger partial charge < -0.3 is 13.7 Å². The number of hydrogen-bond acceptors (Lipinski definition) is 12. The number of carbonyl (C=O) groups is 4. The topological polar surface area (TPSA) is 240 Å². The Kier molecular flexibility index (Phi) is 19.7. The van der Waals surface area contributed by atoms with Crippen LogP contribution in [0.4, 0.5) is 17.1 Å². The molecule has 3 aliphatic heterocycles. The molecule has 0 fully saturated rings. The fraction of sp³-hybridized carbons (Fsp3) is 0.0159.